The molecule has 0 unspecified atom stereocenters. The molecule has 0 spiro atoms. The number of nitrogens with two attached hydrogens (primary N) is 1. The van der Waals surface area contributed by atoms with Crippen LogP contribution in [0.5, 0.6) is 0 Å². The molecule has 0 aromatic carbocycles. The number of hydrazine groups is 1. The molecule has 0 bridgehead atoms. The maximum absolute atomic E-state index is 9.84. The summed E-state index contributed by atoms with van der Waals surface area (Å²) in [5.41, 5.74) is 4.69. The predicted octanol–water partition coefficient (Wildman–Crippen LogP) is -0.903. The fraction of sp³-hybridized carbons (Fsp3) is 0.500. The fourth-order valence-electron chi connectivity index (χ4n) is 0.270. The van der Waals surface area contributed by atoms with Crippen molar-refractivity contribution < 1.29 is 5.03 Å². The molecular weight excluding hydrogens is 142 g/mol. The highest BCUT2D eigenvalue weighted by Gasteiger charge is 2.16. The lowest BCUT2D eigenvalue weighted by atomic mass is 10.9. The van der Waals surface area contributed by atoms with E-state index in [0.717, 1.165) is 0 Å². The van der Waals surface area contributed by atoms with Crippen molar-refractivity contribution in [2.45, 2.75) is 0 Å². The molecule has 8 heteroatoms. The number of hydrogen-bond donors (Lipinski definition) is 2. The normalized spacial score (nSPS) is 8.40. The van der Waals surface area contributed by atoms with Crippen molar-refractivity contribution in [1.82, 2.24) is 5.01 Å². The van der Waals surface area contributed by atoms with Gasteiger partial charge < -0.3 is 5.73 Å². The van der Waals surface area contributed by atoms with Crippen LogP contribution in [0.2, 0.25) is 0 Å². The smallest absolute Gasteiger partial charge is 0.254 e. The van der Waals surface area contributed by atoms with Crippen molar-refractivity contribution in [1.29, 1.82) is 5.41 Å². The lowest BCUT2D eigenvalue weighted by Gasteiger charge is -2.05. The minimum atomic E-state index is -0.982. The van der Waals surface area contributed by atoms with Gasteiger partial charge in [0.25, 0.3) is 5.96 Å². The Morgan fingerprint density at radius 2 is 2.40 bits per heavy atom. The predicted molar refractivity (Wildman–Crippen MR) is 31.4 cm³/mol. The lowest BCUT2D eigenvalue weighted by molar-refractivity contribution is -0.629. The molecule has 0 atom stereocenters. The molecular formula is C2H5N5O3. The SMILES string of the molecule is N=C(N)N(CN=O)[N+](=O)[O-]. The van der Waals surface area contributed by atoms with Gasteiger partial charge in [-0.05, 0) is 10.2 Å². The molecule has 0 heterocycles. The van der Waals surface area contributed by atoms with Crippen LogP contribution < -0.4 is 5.73 Å². The summed E-state index contributed by atoms with van der Waals surface area (Å²) < 4.78 is 0. The Morgan fingerprint density at radius 1 is 1.90 bits per heavy atom. The molecule has 0 aliphatic rings. The highest BCUT2D eigenvalue weighted by Crippen LogP contribution is 1.85. The fourth-order valence-corrected chi connectivity index (χ4v) is 0.270. The summed E-state index contributed by atoms with van der Waals surface area (Å²) >= 11 is 0. The van der Waals surface area contributed by atoms with Gasteiger partial charge in [-0.1, -0.05) is 0 Å². The summed E-state index contributed by atoms with van der Waals surface area (Å²) in [6.07, 6.45) is 0. The molecule has 0 fully saturated rings. The molecule has 8 nitrogen and oxygen atoms in total. The third-order valence-corrected chi connectivity index (χ3v) is 0.667. The number of nitroso groups, excluding NO2 is 1. The van der Waals surface area contributed by atoms with Crippen LogP contribution in [0.3, 0.4) is 0 Å². The first kappa shape index (κ1) is 8.27. The minimum absolute atomic E-state index is 0.118. The minimum Gasteiger partial charge on any atom is -0.365 e. The first-order chi connectivity index (χ1) is 4.59. The van der Waals surface area contributed by atoms with Gasteiger partial charge in [0.05, 0.1) is 0 Å². The van der Waals surface area contributed by atoms with E-state index in [4.69, 9.17) is 11.1 Å². The van der Waals surface area contributed by atoms with Gasteiger partial charge >= 0.3 is 0 Å². The number of nitrogens with one attached hydrogen (secondary N) is 1. The maximum Gasteiger partial charge on any atom is 0.254 e. The van der Waals surface area contributed by atoms with Crippen LogP contribution in [0.4, 0.5) is 0 Å². The Hall–Kier alpha value is -1.73. The van der Waals surface area contributed by atoms with Crippen molar-refractivity contribution in [3.63, 3.8) is 0 Å². The Labute approximate surface area is 55.2 Å². The zero-order chi connectivity index (χ0) is 8.15. The van der Waals surface area contributed by atoms with E-state index in [1.807, 2.05) is 0 Å². The molecule has 0 saturated heterocycles. The van der Waals surface area contributed by atoms with Gasteiger partial charge in [0.15, 0.2) is 5.03 Å². The second-order valence-electron chi connectivity index (χ2n) is 1.29. The second-order valence-corrected chi connectivity index (χ2v) is 1.29. The molecule has 56 valence electrons. The quantitative estimate of drug-likeness (QED) is 0.176. The Balaban J connectivity index is 4.11. The lowest BCUT2D eigenvalue weighted by Crippen LogP contribution is -2.40. The number of guanidine groups is 1. The molecule has 10 heavy (non-hydrogen) atoms. The van der Waals surface area contributed by atoms with Gasteiger partial charge in [-0.3, -0.25) is 5.41 Å². The highest BCUT2D eigenvalue weighted by molar-refractivity contribution is 5.73. The van der Waals surface area contributed by atoms with Crippen LogP contribution in [-0.2, 0) is 0 Å². The first-order valence-corrected chi connectivity index (χ1v) is 2.14. The average Bonchev–Trinajstić information content (AvgIpc) is 1.81. The third kappa shape index (κ3) is 2.03. The van der Waals surface area contributed by atoms with Crippen LogP contribution in [-0.4, -0.2) is 22.7 Å². The number of hydrogen-bond acceptors (Lipinski definition) is 5. The molecule has 0 saturated carbocycles. The van der Waals surface area contributed by atoms with E-state index in [1.54, 1.807) is 0 Å². The van der Waals surface area contributed by atoms with E-state index in [0.29, 0.717) is 0 Å². The Bertz CT molecular complexity index is 152. The molecule has 0 amide bonds. The van der Waals surface area contributed by atoms with E-state index >= 15 is 0 Å². The molecule has 0 aromatic heterocycles. The summed E-state index contributed by atoms with van der Waals surface area (Å²) in [4.78, 5) is 19.3. The Kier molecular flexibility index (Phi) is 2.75. The Morgan fingerprint density at radius 3 is 2.50 bits per heavy atom. The van der Waals surface area contributed by atoms with Gasteiger partial charge in [0.1, 0.15) is 0 Å². The third-order valence-electron chi connectivity index (χ3n) is 0.667. The van der Waals surface area contributed by atoms with Crippen LogP contribution in [0.1, 0.15) is 0 Å². The molecule has 0 aliphatic heterocycles. The van der Waals surface area contributed by atoms with Crippen LogP contribution in [0, 0.1) is 20.4 Å². The van der Waals surface area contributed by atoms with Crippen LogP contribution in [0.15, 0.2) is 5.18 Å². The highest BCUT2D eigenvalue weighted by atomic mass is 16.7. The largest absolute Gasteiger partial charge is 0.365 e. The van der Waals surface area contributed by atoms with Crippen molar-refractivity contribution >= 4 is 5.96 Å². The summed E-state index contributed by atoms with van der Waals surface area (Å²) in [5, 5.41) is 17.7. The van der Waals surface area contributed by atoms with Gasteiger partial charge in [-0.25, -0.2) is 10.1 Å². The monoisotopic (exact) mass is 147 g/mol. The zero-order valence-corrected chi connectivity index (χ0v) is 4.85. The molecule has 0 radical (unpaired) electrons. The van der Waals surface area contributed by atoms with Crippen molar-refractivity contribution in [3.05, 3.63) is 15.0 Å². The van der Waals surface area contributed by atoms with Gasteiger partial charge in [-0.2, -0.15) is 0 Å². The standard InChI is InChI=1S/C2H5N5O3/c3-2(4)6(1-5-8)7(9)10/h1H2,(H3,3,4). The molecule has 0 rings (SSSR count). The van der Waals surface area contributed by atoms with Gasteiger partial charge in [0, 0.05) is 0 Å². The van der Waals surface area contributed by atoms with Gasteiger partial charge in [0.2, 0.25) is 6.67 Å². The number of nitrogens with zero attached hydrogens (tertiary/aromatic N) is 3. The first-order valence-electron chi connectivity index (χ1n) is 2.14. The topological polar surface area (TPSA) is 126 Å². The van der Waals surface area contributed by atoms with E-state index in [1.165, 1.54) is 0 Å². The van der Waals surface area contributed by atoms with Crippen LogP contribution in [0.25, 0.3) is 0 Å². The van der Waals surface area contributed by atoms with Crippen molar-refractivity contribution in [2.75, 3.05) is 6.67 Å². The van der Waals surface area contributed by atoms with E-state index in [2.05, 4.69) is 5.18 Å². The summed E-state index contributed by atoms with van der Waals surface area (Å²) in [6, 6.07) is 0. The number of nitro groups is 1. The van der Waals surface area contributed by atoms with E-state index in [-0.39, 0.29) is 5.01 Å². The molecule has 0 aliphatic carbocycles. The van der Waals surface area contributed by atoms with Crippen molar-refractivity contribution in [2.24, 2.45) is 10.9 Å². The molecule has 0 aromatic rings. The van der Waals surface area contributed by atoms with Crippen LogP contribution >= 0.6 is 0 Å². The average molecular weight is 147 g/mol. The number of rotatable bonds is 3. The molecule has 3 N–H and O–H groups in total. The summed E-state index contributed by atoms with van der Waals surface area (Å²) in [7, 11) is 0. The van der Waals surface area contributed by atoms with E-state index in [9.17, 15) is 15.0 Å². The van der Waals surface area contributed by atoms with E-state index < -0.39 is 17.7 Å². The zero-order valence-electron chi connectivity index (χ0n) is 4.85. The maximum atomic E-state index is 9.84. The van der Waals surface area contributed by atoms with Crippen molar-refractivity contribution in [3.8, 4) is 0 Å². The summed E-state index contributed by atoms with van der Waals surface area (Å²) in [6.45, 7) is -0.748. The van der Waals surface area contributed by atoms with Gasteiger partial charge in [-0.15, -0.1) is 4.91 Å². The second kappa shape index (κ2) is 3.33. The summed E-state index contributed by atoms with van der Waals surface area (Å²) in [5.74, 6) is -0.815.